The predicted octanol–water partition coefficient (Wildman–Crippen LogP) is 3.53. The van der Waals surface area contributed by atoms with E-state index >= 15 is 0 Å². The Labute approximate surface area is 166 Å². The van der Waals surface area contributed by atoms with E-state index in [1.165, 1.54) is 0 Å². The Morgan fingerprint density at radius 1 is 1.04 bits per heavy atom. The minimum atomic E-state index is 0.551. The molecular weight excluding hydrogens is 350 g/mol. The maximum Gasteiger partial charge on any atom is 0.191 e. The molecule has 1 heterocycles. The van der Waals surface area contributed by atoms with Crippen molar-refractivity contribution < 1.29 is 4.74 Å². The second kappa shape index (κ2) is 10.2. The molecule has 0 saturated heterocycles. The Morgan fingerprint density at radius 3 is 2.61 bits per heavy atom. The van der Waals surface area contributed by atoms with Crippen LogP contribution in [0.1, 0.15) is 25.0 Å². The number of benzene rings is 2. The Morgan fingerprint density at radius 2 is 1.82 bits per heavy atom. The Hall–Kier alpha value is -3.28. The number of aliphatic imine (C=N–C) groups is 1. The molecule has 0 bridgehead atoms. The summed E-state index contributed by atoms with van der Waals surface area (Å²) in [5, 5.41) is 11.1. The normalized spacial score (nSPS) is 11.3. The monoisotopic (exact) mass is 377 g/mol. The maximum atomic E-state index is 5.69. The van der Waals surface area contributed by atoms with E-state index < -0.39 is 0 Å². The fourth-order valence-corrected chi connectivity index (χ4v) is 2.80. The van der Waals surface area contributed by atoms with E-state index in [1.807, 2.05) is 72.5 Å². The first-order chi connectivity index (χ1) is 13.8. The Bertz CT molecular complexity index is 889. The number of nitrogens with one attached hydrogen (secondary N) is 2. The predicted molar refractivity (Wildman–Crippen MR) is 113 cm³/mol. The van der Waals surface area contributed by atoms with Gasteiger partial charge in [-0.2, -0.15) is 5.10 Å². The minimum Gasteiger partial charge on any atom is -0.494 e. The van der Waals surface area contributed by atoms with Crippen molar-refractivity contribution >= 4 is 5.96 Å². The van der Waals surface area contributed by atoms with E-state index in [9.17, 15) is 0 Å². The zero-order valence-electron chi connectivity index (χ0n) is 16.4. The van der Waals surface area contributed by atoms with Crippen LogP contribution in [-0.2, 0) is 13.1 Å². The molecule has 0 saturated carbocycles. The van der Waals surface area contributed by atoms with E-state index in [4.69, 9.17) is 4.74 Å². The molecule has 3 rings (SSSR count). The summed E-state index contributed by atoms with van der Waals surface area (Å²) in [6.07, 6.45) is 3.86. The van der Waals surface area contributed by atoms with Gasteiger partial charge >= 0.3 is 0 Å². The number of hydrogen-bond donors (Lipinski definition) is 2. The third kappa shape index (κ3) is 5.36. The largest absolute Gasteiger partial charge is 0.494 e. The van der Waals surface area contributed by atoms with Gasteiger partial charge in [0, 0.05) is 30.4 Å². The van der Waals surface area contributed by atoms with Crippen molar-refractivity contribution in [2.45, 2.75) is 26.9 Å². The molecule has 0 spiro atoms. The first kappa shape index (κ1) is 19.5. The van der Waals surface area contributed by atoms with Crippen LogP contribution in [0.2, 0.25) is 0 Å². The molecule has 2 aromatic carbocycles. The minimum absolute atomic E-state index is 0.551. The van der Waals surface area contributed by atoms with Crippen LogP contribution in [0.3, 0.4) is 0 Å². The van der Waals surface area contributed by atoms with Gasteiger partial charge in [0.1, 0.15) is 5.75 Å². The molecule has 6 nitrogen and oxygen atoms in total. The summed E-state index contributed by atoms with van der Waals surface area (Å²) >= 11 is 0. The first-order valence-electron chi connectivity index (χ1n) is 9.62. The van der Waals surface area contributed by atoms with Gasteiger partial charge in [-0.1, -0.05) is 36.4 Å². The molecule has 0 unspecified atom stereocenters. The standard InChI is InChI=1S/C22H27N5O/c1-3-23-22(25-16-19-10-8-9-13-21(19)28-4-2)24-14-18-15-26-27(17-18)20-11-6-5-7-12-20/h5-13,15,17H,3-4,14,16H2,1-2H3,(H2,23,24,25). The van der Waals surface area contributed by atoms with Crippen molar-refractivity contribution in [3.8, 4) is 11.4 Å². The summed E-state index contributed by atoms with van der Waals surface area (Å²) in [4.78, 5) is 4.68. The van der Waals surface area contributed by atoms with Crippen LogP contribution in [0.25, 0.3) is 5.69 Å². The van der Waals surface area contributed by atoms with Crippen LogP contribution in [0.4, 0.5) is 0 Å². The molecular formula is C22H27N5O. The van der Waals surface area contributed by atoms with Crippen molar-refractivity contribution in [2.24, 2.45) is 4.99 Å². The SMILES string of the molecule is CCNC(=NCc1cnn(-c2ccccc2)c1)NCc1ccccc1OCC. The number of nitrogens with zero attached hydrogens (tertiary/aromatic N) is 3. The van der Waals surface area contributed by atoms with Crippen LogP contribution >= 0.6 is 0 Å². The lowest BCUT2D eigenvalue weighted by atomic mass is 10.2. The molecule has 0 aliphatic rings. The van der Waals surface area contributed by atoms with E-state index in [2.05, 4.69) is 33.7 Å². The van der Waals surface area contributed by atoms with Crippen molar-refractivity contribution in [2.75, 3.05) is 13.2 Å². The van der Waals surface area contributed by atoms with E-state index in [0.717, 1.165) is 35.1 Å². The van der Waals surface area contributed by atoms with Gasteiger partial charge in [0.15, 0.2) is 5.96 Å². The lowest BCUT2D eigenvalue weighted by molar-refractivity contribution is 0.336. The zero-order chi connectivity index (χ0) is 19.6. The summed E-state index contributed by atoms with van der Waals surface area (Å²) in [6.45, 7) is 6.68. The van der Waals surface area contributed by atoms with Gasteiger partial charge in [-0.25, -0.2) is 9.67 Å². The second-order valence-electron chi connectivity index (χ2n) is 6.22. The molecule has 0 aliphatic heterocycles. The smallest absolute Gasteiger partial charge is 0.191 e. The van der Waals surface area contributed by atoms with Gasteiger partial charge in [0.2, 0.25) is 0 Å². The molecule has 0 amide bonds. The Kier molecular flexibility index (Phi) is 7.07. The average Bonchev–Trinajstić information content (AvgIpc) is 3.21. The number of rotatable bonds is 8. The molecule has 3 aromatic rings. The van der Waals surface area contributed by atoms with Gasteiger partial charge < -0.3 is 15.4 Å². The first-order valence-corrected chi connectivity index (χ1v) is 9.62. The maximum absolute atomic E-state index is 5.69. The number of hydrogen-bond acceptors (Lipinski definition) is 3. The molecule has 0 fully saturated rings. The van der Waals surface area contributed by atoms with E-state index in [-0.39, 0.29) is 0 Å². The molecule has 1 aromatic heterocycles. The van der Waals surface area contributed by atoms with Crippen LogP contribution in [0, 0.1) is 0 Å². The highest BCUT2D eigenvalue weighted by molar-refractivity contribution is 5.79. The summed E-state index contributed by atoms with van der Waals surface area (Å²) in [5.74, 6) is 1.67. The lowest BCUT2D eigenvalue weighted by Crippen LogP contribution is -2.36. The van der Waals surface area contributed by atoms with Gasteiger partial charge in [-0.15, -0.1) is 0 Å². The lowest BCUT2D eigenvalue weighted by Gasteiger charge is -2.14. The fourth-order valence-electron chi connectivity index (χ4n) is 2.80. The summed E-state index contributed by atoms with van der Waals surface area (Å²) in [6, 6.07) is 18.1. The molecule has 2 N–H and O–H groups in total. The second-order valence-corrected chi connectivity index (χ2v) is 6.22. The zero-order valence-corrected chi connectivity index (χ0v) is 16.4. The molecule has 28 heavy (non-hydrogen) atoms. The van der Waals surface area contributed by atoms with Crippen LogP contribution in [-0.4, -0.2) is 28.9 Å². The highest BCUT2D eigenvalue weighted by atomic mass is 16.5. The van der Waals surface area contributed by atoms with E-state index in [0.29, 0.717) is 19.7 Å². The molecule has 0 aliphatic carbocycles. The van der Waals surface area contributed by atoms with Gasteiger partial charge in [-0.05, 0) is 32.0 Å². The highest BCUT2D eigenvalue weighted by Gasteiger charge is 2.05. The number of para-hydroxylation sites is 2. The fraction of sp³-hybridized carbons (Fsp3) is 0.273. The van der Waals surface area contributed by atoms with Crippen LogP contribution < -0.4 is 15.4 Å². The van der Waals surface area contributed by atoms with Crippen molar-refractivity contribution in [3.05, 3.63) is 78.1 Å². The van der Waals surface area contributed by atoms with Crippen molar-refractivity contribution in [1.82, 2.24) is 20.4 Å². The summed E-state index contributed by atoms with van der Waals surface area (Å²) in [5.41, 5.74) is 3.19. The van der Waals surface area contributed by atoms with Crippen LogP contribution in [0.15, 0.2) is 72.0 Å². The molecule has 6 heteroatoms. The topological polar surface area (TPSA) is 63.5 Å². The highest BCUT2D eigenvalue weighted by Crippen LogP contribution is 2.17. The number of ether oxygens (including phenoxy) is 1. The molecule has 0 atom stereocenters. The van der Waals surface area contributed by atoms with Crippen molar-refractivity contribution in [3.63, 3.8) is 0 Å². The van der Waals surface area contributed by atoms with Crippen LogP contribution in [0.5, 0.6) is 5.75 Å². The number of guanidine groups is 1. The molecule has 146 valence electrons. The van der Waals surface area contributed by atoms with Gasteiger partial charge in [0.25, 0.3) is 0 Å². The average molecular weight is 377 g/mol. The third-order valence-electron chi connectivity index (χ3n) is 4.14. The third-order valence-corrected chi connectivity index (χ3v) is 4.14. The van der Waals surface area contributed by atoms with Gasteiger partial charge in [-0.3, -0.25) is 0 Å². The Balaban J connectivity index is 1.64. The number of aromatic nitrogens is 2. The molecule has 0 radical (unpaired) electrons. The van der Waals surface area contributed by atoms with Gasteiger partial charge in [0.05, 0.1) is 25.0 Å². The van der Waals surface area contributed by atoms with E-state index in [1.54, 1.807) is 0 Å². The van der Waals surface area contributed by atoms with Crippen molar-refractivity contribution in [1.29, 1.82) is 0 Å². The summed E-state index contributed by atoms with van der Waals surface area (Å²) < 4.78 is 7.56. The quantitative estimate of drug-likeness (QED) is 0.466. The summed E-state index contributed by atoms with van der Waals surface area (Å²) in [7, 11) is 0.